The van der Waals surface area contributed by atoms with Crippen molar-refractivity contribution >= 4 is 28.9 Å². The molecule has 0 radical (unpaired) electrons. The largest absolute Gasteiger partial charge is 0.489 e. The molecule has 3 aromatic carbocycles. The Labute approximate surface area is 167 Å². The predicted molar refractivity (Wildman–Crippen MR) is 113 cm³/mol. The fourth-order valence-corrected chi connectivity index (χ4v) is 3.51. The summed E-state index contributed by atoms with van der Waals surface area (Å²) in [7, 11) is 0. The molecule has 0 aliphatic carbocycles. The molecule has 0 aliphatic rings. The lowest BCUT2D eigenvalue weighted by Gasteiger charge is -2.07. The number of allylic oxidation sites excluding steroid dienone is 1. The number of nitrogens with one attached hydrogen (secondary N) is 1. The standard InChI is InChI=1S/C23H17N3OS/c24-15-20(28-23-25-21-11-4-5-12-22(21)26-23)14-18-9-6-10-19(13-18)27-16-17-7-2-1-3-8-17/h1-14H,16H2,(H,25,26)/b20-14+. The molecular formula is C23H17N3OS. The number of nitriles is 1. The van der Waals surface area contributed by atoms with Crippen LogP contribution in [0.15, 0.2) is 88.9 Å². The normalized spacial score (nSPS) is 11.3. The van der Waals surface area contributed by atoms with Crippen LogP contribution in [0.25, 0.3) is 17.1 Å². The van der Waals surface area contributed by atoms with Crippen LogP contribution in [-0.4, -0.2) is 9.97 Å². The SMILES string of the molecule is N#C/C(=C\c1cccc(OCc2ccccc2)c1)Sc1nc2ccccc2[nH]1. The molecule has 0 spiro atoms. The Morgan fingerprint density at radius 3 is 2.68 bits per heavy atom. The number of H-pyrrole nitrogens is 1. The third-order valence-electron chi connectivity index (χ3n) is 4.09. The second kappa shape index (κ2) is 8.47. The maximum Gasteiger partial charge on any atom is 0.171 e. The van der Waals surface area contributed by atoms with E-state index in [-0.39, 0.29) is 0 Å². The first-order valence-corrected chi connectivity index (χ1v) is 9.63. The number of nitrogens with zero attached hydrogens (tertiary/aromatic N) is 2. The highest BCUT2D eigenvalue weighted by molar-refractivity contribution is 8.03. The number of aromatic nitrogens is 2. The number of ether oxygens (including phenoxy) is 1. The molecule has 28 heavy (non-hydrogen) atoms. The number of benzene rings is 3. The lowest BCUT2D eigenvalue weighted by Crippen LogP contribution is -1.94. The number of rotatable bonds is 6. The van der Waals surface area contributed by atoms with Gasteiger partial charge >= 0.3 is 0 Å². The molecule has 1 heterocycles. The Bertz CT molecular complexity index is 1130. The first kappa shape index (κ1) is 17.9. The topological polar surface area (TPSA) is 61.7 Å². The summed E-state index contributed by atoms with van der Waals surface area (Å²) >= 11 is 1.32. The maximum absolute atomic E-state index is 9.53. The van der Waals surface area contributed by atoms with E-state index in [9.17, 15) is 5.26 Å². The van der Waals surface area contributed by atoms with Gasteiger partial charge in [-0.05, 0) is 53.2 Å². The van der Waals surface area contributed by atoms with Gasteiger partial charge < -0.3 is 9.72 Å². The zero-order valence-corrected chi connectivity index (χ0v) is 15.8. The Morgan fingerprint density at radius 2 is 1.86 bits per heavy atom. The molecule has 0 fully saturated rings. The summed E-state index contributed by atoms with van der Waals surface area (Å²) in [5, 5.41) is 10.2. The van der Waals surface area contributed by atoms with Gasteiger partial charge in [-0.15, -0.1) is 0 Å². The Hall–Kier alpha value is -3.49. The molecule has 0 amide bonds. The summed E-state index contributed by atoms with van der Waals surface area (Å²) in [5.41, 5.74) is 3.87. The van der Waals surface area contributed by atoms with Crippen LogP contribution < -0.4 is 4.74 Å². The van der Waals surface area contributed by atoms with Gasteiger partial charge in [-0.25, -0.2) is 4.98 Å². The van der Waals surface area contributed by atoms with Crippen LogP contribution in [0.3, 0.4) is 0 Å². The first-order chi connectivity index (χ1) is 13.8. The number of thioether (sulfide) groups is 1. The van der Waals surface area contributed by atoms with Gasteiger partial charge in [0.2, 0.25) is 0 Å². The Kier molecular flexibility index (Phi) is 5.41. The van der Waals surface area contributed by atoms with Crippen molar-refractivity contribution in [2.45, 2.75) is 11.8 Å². The maximum atomic E-state index is 9.53. The van der Waals surface area contributed by atoms with Crippen molar-refractivity contribution in [1.29, 1.82) is 5.26 Å². The smallest absolute Gasteiger partial charge is 0.171 e. The van der Waals surface area contributed by atoms with E-state index in [4.69, 9.17) is 4.74 Å². The summed E-state index contributed by atoms with van der Waals surface area (Å²) in [5.74, 6) is 0.767. The fraction of sp³-hybridized carbons (Fsp3) is 0.0435. The molecule has 0 aliphatic heterocycles. The summed E-state index contributed by atoms with van der Waals surface area (Å²) in [6.45, 7) is 0.507. The summed E-state index contributed by atoms with van der Waals surface area (Å²) in [6, 6.07) is 27.8. The fourth-order valence-electron chi connectivity index (χ4n) is 2.75. The van der Waals surface area contributed by atoms with Crippen LogP contribution in [0.5, 0.6) is 5.75 Å². The lowest BCUT2D eigenvalue weighted by atomic mass is 10.2. The number of fused-ring (bicyclic) bond motifs is 1. The third kappa shape index (κ3) is 4.43. The van der Waals surface area contributed by atoms with E-state index in [1.165, 1.54) is 11.8 Å². The molecule has 136 valence electrons. The van der Waals surface area contributed by atoms with E-state index in [2.05, 4.69) is 16.0 Å². The zero-order chi connectivity index (χ0) is 19.2. The average Bonchev–Trinajstić information content (AvgIpc) is 3.15. The molecule has 1 N–H and O–H groups in total. The van der Waals surface area contributed by atoms with Crippen molar-refractivity contribution in [2.75, 3.05) is 0 Å². The highest BCUT2D eigenvalue weighted by Gasteiger charge is 2.07. The second-order valence-corrected chi connectivity index (χ2v) is 7.16. The van der Waals surface area contributed by atoms with Crippen molar-refractivity contribution < 1.29 is 4.74 Å². The van der Waals surface area contributed by atoms with Crippen molar-refractivity contribution in [3.05, 3.63) is 94.9 Å². The number of imidazole rings is 1. The van der Waals surface area contributed by atoms with Crippen molar-refractivity contribution in [1.82, 2.24) is 9.97 Å². The number of hydrogen-bond donors (Lipinski definition) is 1. The molecule has 4 rings (SSSR count). The van der Waals surface area contributed by atoms with Crippen LogP contribution in [0.4, 0.5) is 0 Å². The predicted octanol–water partition coefficient (Wildman–Crippen LogP) is 5.80. The van der Waals surface area contributed by atoms with Gasteiger partial charge in [-0.1, -0.05) is 54.6 Å². The molecule has 1 aromatic heterocycles. The summed E-state index contributed by atoms with van der Waals surface area (Å²) in [6.07, 6.45) is 1.84. The van der Waals surface area contributed by atoms with Gasteiger partial charge in [0.15, 0.2) is 5.16 Å². The van der Waals surface area contributed by atoms with Crippen molar-refractivity contribution in [2.24, 2.45) is 0 Å². The lowest BCUT2D eigenvalue weighted by molar-refractivity contribution is 0.306. The monoisotopic (exact) mass is 383 g/mol. The van der Waals surface area contributed by atoms with Crippen LogP contribution >= 0.6 is 11.8 Å². The molecular weight excluding hydrogens is 366 g/mol. The van der Waals surface area contributed by atoms with Gasteiger partial charge in [-0.2, -0.15) is 5.26 Å². The molecule has 0 saturated carbocycles. The average molecular weight is 383 g/mol. The van der Waals surface area contributed by atoms with E-state index in [1.807, 2.05) is 84.9 Å². The number of para-hydroxylation sites is 2. The first-order valence-electron chi connectivity index (χ1n) is 8.81. The zero-order valence-electron chi connectivity index (χ0n) is 15.0. The van der Waals surface area contributed by atoms with E-state index < -0.39 is 0 Å². The van der Waals surface area contributed by atoms with Gasteiger partial charge in [0, 0.05) is 0 Å². The van der Waals surface area contributed by atoms with Crippen LogP contribution in [-0.2, 0) is 6.61 Å². The second-order valence-electron chi connectivity index (χ2n) is 6.13. The summed E-state index contributed by atoms with van der Waals surface area (Å²) in [4.78, 5) is 8.30. The molecule has 5 heteroatoms. The molecule has 4 aromatic rings. The highest BCUT2D eigenvalue weighted by atomic mass is 32.2. The van der Waals surface area contributed by atoms with Crippen LogP contribution in [0, 0.1) is 11.3 Å². The van der Waals surface area contributed by atoms with Gasteiger partial charge in [0.1, 0.15) is 18.4 Å². The van der Waals surface area contributed by atoms with E-state index in [1.54, 1.807) is 0 Å². The quantitative estimate of drug-likeness (QED) is 0.338. The Morgan fingerprint density at radius 1 is 1.04 bits per heavy atom. The van der Waals surface area contributed by atoms with Gasteiger partial charge in [0.25, 0.3) is 0 Å². The van der Waals surface area contributed by atoms with E-state index in [0.29, 0.717) is 16.7 Å². The van der Waals surface area contributed by atoms with Gasteiger partial charge in [-0.3, -0.25) is 0 Å². The van der Waals surface area contributed by atoms with E-state index in [0.717, 1.165) is 27.9 Å². The minimum absolute atomic E-state index is 0.507. The molecule has 0 saturated heterocycles. The third-order valence-corrected chi connectivity index (χ3v) is 4.90. The van der Waals surface area contributed by atoms with Gasteiger partial charge in [0.05, 0.1) is 15.9 Å². The van der Waals surface area contributed by atoms with E-state index >= 15 is 0 Å². The Balaban J connectivity index is 1.49. The van der Waals surface area contributed by atoms with Crippen molar-refractivity contribution in [3.8, 4) is 11.8 Å². The molecule has 0 atom stereocenters. The molecule has 0 unspecified atom stereocenters. The molecule has 0 bridgehead atoms. The van der Waals surface area contributed by atoms with Crippen LogP contribution in [0.2, 0.25) is 0 Å². The number of hydrogen-bond acceptors (Lipinski definition) is 4. The van der Waals surface area contributed by atoms with Crippen molar-refractivity contribution in [3.63, 3.8) is 0 Å². The minimum Gasteiger partial charge on any atom is -0.489 e. The highest BCUT2D eigenvalue weighted by Crippen LogP contribution is 2.28. The minimum atomic E-state index is 0.507. The summed E-state index contributed by atoms with van der Waals surface area (Å²) < 4.78 is 5.87. The van der Waals surface area contributed by atoms with Crippen LogP contribution in [0.1, 0.15) is 11.1 Å². The number of aromatic amines is 1. The molecule has 4 nitrogen and oxygen atoms in total.